The van der Waals surface area contributed by atoms with Gasteiger partial charge in [-0.3, -0.25) is 0 Å². The van der Waals surface area contributed by atoms with E-state index < -0.39 is 10.2 Å². The van der Waals surface area contributed by atoms with E-state index in [9.17, 15) is 8.42 Å². The first-order chi connectivity index (χ1) is 6.47. The van der Waals surface area contributed by atoms with E-state index in [1.165, 1.54) is 11.4 Å². The number of nitrogens with zero attached hydrogens (tertiary/aromatic N) is 1. The number of nitrogens with two attached hydrogens (primary N) is 1. The maximum atomic E-state index is 11.5. The fraction of sp³-hybridized carbons (Fsp3) is 0.857. The summed E-state index contributed by atoms with van der Waals surface area (Å²) < 4.78 is 26.6. The Hall–Kier alpha value is -0.240. The van der Waals surface area contributed by atoms with Crippen LogP contribution in [0.15, 0.2) is 0 Å². The second kappa shape index (κ2) is 4.52. The van der Waals surface area contributed by atoms with Crippen molar-refractivity contribution in [1.82, 2.24) is 9.03 Å². The van der Waals surface area contributed by atoms with Gasteiger partial charge in [-0.05, 0) is 12.8 Å². The maximum Gasteiger partial charge on any atom is 0.279 e. The van der Waals surface area contributed by atoms with Crippen molar-refractivity contribution in [3.8, 4) is 0 Å². The minimum absolute atomic E-state index is 0.0156. The highest BCUT2D eigenvalue weighted by atomic mass is 32.2. The topological polar surface area (TPSA) is 75.4 Å². The number of rotatable bonds is 3. The van der Waals surface area contributed by atoms with Crippen molar-refractivity contribution in [3.63, 3.8) is 0 Å². The molecule has 1 aliphatic rings. The molecule has 1 heterocycles. The van der Waals surface area contributed by atoms with E-state index in [1.54, 1.807) is 0 Å². The van der Waals surface area contributed by atoms with E-state index in [0.717, 1.165) is 12.8 Å². The summed E-state index contributed by atoms with van der Waals surface area (Å²) in [6, 6.07) is 0. The second-order valence-corrected chi connectivity index (χ2v) is 5.65. The van der Waals surface area contributed by atoms with Crippen molar-refractivity contribution < 1.29 is 8.42 Å². The predicted molar refractivity (Wildman–Crippen MR) is 59.1 cm³/mol. The van der Waals surface area contributed by atoms with E-state index in [0.29, 0.717) is 18.1 Å². The lowest BCUT2D eigenvalue weighted by atomic mass is 10.0. The molecule has 1 rings (SSSR count). The molecule has 7 heteroatoms. The van der Waals surface area contributed by atoms with Crippen LogP contribution in [0.5, 0.6) is 0 Å². The van der Waals surface area contributed by atoms with Crippen molar-refractivity contribution in [2.75, 3.05) is 20.1 Å². The maximum absolute atomic E-state index is 11.5. The number of hydrogen-bond donors (Lipinski definition) is 2. The monoisotopic (exact) mass is 237 g/mol. The molecular formula is C7H15N3O2S2. The van der Waals surface area contributed by atoms with Crippen molar-refractivity contribution in [2.45, 2.75) is 12.8 Å². The van der Waals surface area contributed by atoms with Crippen LogP contribution in [0.3, 0.4) is 0 Å². The summed E-state index contributed by atoms with van der Waals surface area (Å²) in [5.74, 6) is 0.0156. The lowest BCUT2D eigenvalue weighted by Crippen LogP contribution is -2.47. The predicted octanol–water partition coefficient (Wildman–Crippen LogP) is -0.551. The van der Waals surface area contributed by atoms with Gasteiger partial charge in [0.25, 0.3) is 10.2 Å². The van der Waals surface area contributed by atoms with Crippen molar-refractivity contribution >= 4 is 27.4 Å². The third-order valence-corrected chi connectivity index (χ3v) is 4.25. The molecule has 1 unspecified atom stereocenters. The Labute approximate surface area is 89.8 Å². The summed E-state index contributed by atoms with van der Waals surface area (Å²) in [7, 11) is -1.92. The van der Waals surface area contributed by atoms with Gasteiger partial charge in [0, 0.05) is 26.1 Å². The third kappa shape index (κ3) is 2.63. The second-order valence-electron chi connectivity index (χ2n) is 3.31. The van der Waals surface area contributed by atoms with Gasteiger partial charge in [-0.2, -0.15) is 12.7 Å². The molecule has 0 aliphatic carbocycles. The van der Waals surface area contributed by atoms with Crippen molar-refractivity contribution in [1.29, 1.82) is 0 Å². The molecule has 0 aromatic carbocycles. The number of hydrogen-bond acceptors (Lipinski definition) is 3. The van der Waals surface area contributed by atoms with E-state index in [-0.39, 0.29) is 5.92 Å². The Morgan fingerprint density at radius 2 is 2.29 bits per heavy atom. The summed E-state index contributed by atoms with van der Waals surface area (Å²) in [5, 5.41) is 0. The van der Waals surface area contributed by atoms with Crippen molar-refractivity contribution in [2.24, 2.45) is 11.7 Å². The highest BCUT2D eigenvalue weighted by Crippen LogP contribution is 2.18. The van der Waals surface area contributed by atoms with E-state index in [2.05, 4.69) is 4.72 Å². The van der Waals surface area contributed by atoms with Crippen LogP contribution in [0.25, 0.3) is 0 Å². The molecule has 0 amide bonds. The lowest BCUT2D eigenvalue weighted by Gasteiger charge is -2.30. The fourth-order valence-electron chi connectivity index (χ4n) is 1.52. The zero-order valence-corrected chi connectivity index (χ0v) is 9.70. The van der Waals surface area contributed by atoms with Gasteiger partial charge < -0.3 is 5.73 Å². The van der Waals surface area contributed by atoms with Crippen LogP contribution in [0.2, 0.25) is 0 Å². The average Bonchev–Trinajstić information content (AvgIpc) is 2.18. The molecule has 0 aromatic heterocycles. The molecule has 0 aromatic rings. The van der Waals surface area contributed by atoms with Gasteiger partial charge in [0.15, 0.2) is 0 Å². The van der Waals surface area contributed by atoms with Gasteiger partial charge in [0.05, 0.1) is 4.99 Å². The molecule has 3 N–H and O–H groups in total. The molecule has 82 valence electrons. The van der Waals surface area contributed by atoms with Gasteiger partial charge in [-0.1, -0.05) is 12.2 Å². The molecule has 1 saturated heterocycles. The molecular weight excluding hydrogens is 222 g/mol. The fourth-order valence-corrected chi connectivity index (χ4v) is 2.72. The summed E-state index contributed by atoms with van der Waals surface area (Å²) in [5.41, 5.74) is 5.50. The summed E-state index contributed by atoms with van der Waals surface area (Å²) in [6.45, 7) is 0.945. The Morgan fingerprint density at radius 3 is 2.79 bits per heavy atom. The Morgan fingerprint density at radius 1 is 1.64 bits per heavy atom. The smallest absolute Gasteiger partial charge is 0.279 e. The first kappa shape index (κ1) is 11.8. The molecule has 5 nitrogen and oxygen atoms in total. The summed E-state index contributed by atoms with van der Waals surface area (Å²) in [6.07, 6.45) is 1.69. The SMILES string of the molecule is CNS(=O)(=O)N1CCCC(C(N)=S)C1. The minimum Gasteiger partial charge on any atom is -0.393 e. The third-order valence-electron chi connectivity index (χ3n) is 2.38. The van der Waals surface area contributed by atoms with Gasteiger partial charge >= 0.3 is 0 Å². The van der Waals surface area contributed by atoms with Crippen LogP contribution < -0.4 is 10.5 Å². The standard InChI is InChI=1S/C7H15N3O2S2/c1-9-14(11,12)10-4-2-3-6(5-10)7(8)13/h6,9H,2-5H2,1H3,(H2,8,13). The molecule has 0 saturated carbocycles. The van der Waals surface area contributed by atoms with Gasteiger partial charge in [-0.15, -0.1) is 0 Å². The molecule has 1 atom stereocenters. The average molecular weight is 237 g/mol. The zero-order valence-electron chi connectivity index (χ0n) is 8.06. The Balaban J connectivity index is 2.70. The molecule has 0 radical (unpaired) electrons. The molecule has 14 heavy (non-hydrogen) atoms. The highest BCUT2D eigenvalue weighted by Gasteiger charge is 2.28. The first-order valence-corrected chi connectivity index (χ1v) is 6.30. The lowest BCUT2D eigenvalue weighted by molar-refractivity contribution is 0.310. The quantitative estimate of drug-likeness (QED) is 0.646. The van der Waals surface area contributed by atoms with Crippen LogP contribution in [0.1, 0.15) is 12.8 Å². The molecule has 0 bridgehead atoms. The van der Waals surface area contributed by atoms with E-state index >= 15 is 0 Å². The highest BCUT2D eigenvalue weighted by molar-refractivity contribution is 7.87. The largest absolute Gasteiger partial charge is 0.393 e. The molecule has 1 fully saturated rings. The van der Waals surface area contributed by atoms with Gasteiger partial charge in [0.1, 0.15) is 0 Å². The minimum atomic E-state index is -3.32. The Kier molecular flexibility index (Phi) is 3.82. The summed E-state index contributed by atoms with van der Waals surface area (Å²) in [4.78, 5) is 0.404. The van der Waals surface area contributed by atoms with E-state index in [4.69, 9.17) is 18.0 Å². The van der Waals surface area contributed by atoms with E-state index in [1.807, 2.05) is 0 Å². The molecule has 1 aliphatic heterocycles. The first-order valence-electron chi connectivity index (χ1n) is 4.45. The van der Waals surface area contributed by atoms with Gasteiger partial charge in [0.2, 0.25) is 0 Å². The van der Waals surface area contributed by atoms with Crippen LogP contribution in [-0.4, -0.2) is 37.8 Å². The van der Waals surface area contributed by atoms with Crippen LogP contribution >= 0.6 is 12.2 Å². The molecule has 0 spiro atoms. The normalized spacial score (nSPS) is 24.8. The Bertz CT molecular complexity index is 315. The number of piperidine rings is 1. The number of nitrogens with one attached hydrogen (secondary N) is 1. The van der Waals surface area contributed by atoms with Crippen LogP contribution in [0, 0.1) is 5.92 Å². The van der Waals surface area contributed by atoms with Crippen molar-refractivity contribution in [3.05, 3.63) is 0 Å². The van der Waals surface area contributed by atoms with Crippen LogP contribution in [0.4, 0.5) is 0 Å². The summed E-state index contributed by atoms with van der Waals surface area (Å²) >= 11 is 4.86. The van der Waals surface area contributed by atoms with Crippen LogP contribution in [-0.2, 0) is 10.2 Å². The number of thiocarbonyl (C=S) groups is 1. The zero-order chi connectivity index (χ0) is 10.8. The van der Waals surface area contributed by atoms with Gasteiger partial charge in [-0.25, -0.2) is 4.72 Å².